The summed E-state index contributed by atoms with van der Waals surface area (Å²) in [6, 6.07) is 13.6. The Bertz CT molecular complexity index is 914. The maximum atomic E-state index is 12.8. The molecule has 1 aliphatic heterocycles. The molecule has 1 N–H and O–H groups in total. The van der Waals surface area contributed by atoms with E-state index in [1.165, 1.54) is 4.90 Å². The molecule has 1 aliphatic rings. The lowest BCUT2D eigenvalue weighted by Crippen LogP contribution is -2.50. The van der Waals surface area contributed by atoms with Crippen molar-refractivity contribution in [3.63, 3.8) is 0 Å². The van der Waals surface area contributed by atoms with Crippen LogP contribution in [0.2, 0.25) is 5.02 Å². The van der Waals surface area contributed by atoms with Crippen LogP contribution >= 0.6 is 11.6 Å². The van der Waals surface area contributed by atoms with Crippen molar-refractivity contribution >= 4 is 35.0 Å². The summed E-state index contributed by atoms with van der Waals surface area (Å²) in [4.78, 5) is 40.4. The van der Waals surface area contributed by atoms with Gasteiger partial charge < -0.3 is 19.9 Å². The number of carbonyl (C=O) groups is 3. The molecule has 0 saturated carbocycles. The summed E-state index contributed by atoms with van der Waals surface area (Å²) in [5, 5.41) is 3.27. The summed E-state index contributed by atoms with van der Waals surface area (Å²) in [7, 11) is 3.29. The van der Waals surface area contributed by atoms with Crippen LogP contribution in [0.3, 0.4) is 0 Å². The summed E-state index contributed by atoms with van der Waals surface area (Å²) in [6.07, 6.45) is -0.677. The standard InChI is InChI=1S/C21H22ClN3O4/c1-24(2)21(28)18-13-25(16-5-3-4-6-17(16)29-18)19(26)11-12-23-20(27)14-7-9-15(22)10-8-14/h3-10,18H,11-13H2,1-2H3,(H,23,27)/t18-/m1/s1. The van der Waals surface area contributed by atoms with Crippen molar-refractivity contribution in [2.75, 3.05) is 32.1 Å². The van der Waals surface area contributed by atoms with Crippen LogP contribution in [0.15, 0.2) is 48.5 Å². The molecule has 1 heterocycles. The predicted molar refractivity (Wildman–Crippen MR) is 110 cm³/mol. The lowest BCUT2D eigenvalue weighted by atomic mass is 10.1. The fourth-order valence-corrected chi connectivity index (χ4v) is 3.13. The highest BCUT2D eigenvalue weighted by Gasteiger charge is 2.34. The average Bonchev–Trinajstić information content (AvgIpc) is 2.72. The van der Waals surface area contributed by atoms with Gasteiger partial charge in [0, 0.05) is 37.6 Å². The van der Waals surface area contributed by atoms with E-state index in [0.29, 0.717) is 22.0 Å². The molecule has 0 spiro atoms. The number of para-hydroxylation sites is 2. The second-order valence-electron chi connectivity index (χ2n) is 6.82. The smallest absolute Gasteiger partial charge is 0.265 e. The molecule has 3 rings (SSSR count). The van der Waals surface area contributed by atoms with Crippen LogP contribution in [0.5, 0.6) is 5.75 Å². The zero-order valence-electron chi connectivity index (χ0n) is 16.2. The SMILES string of the molecule is CN(C)C(=O)[C@H]1CN(C(=O)CCNC(=O)c2ccc(Cl)cc2)c2ccccc2O1. The molecule has 8 heteroatoms. The first kappa shape index (κ1) is 20.7. The van der Waals surface area contributed by atoms with E-state index in [1.54, 1.807) is 67.5 Å². The van der Waals surface area contributed by atoms with E-state index >= 15 is 0 Å². The maximum Gasteiger partial charge on any atom is 0.265 e. The van der Waals surface area contributed by atoms with Gasteiger partial charge in [-0.3, -0.25) is 14.4 Å². The second-order valence-corrected chi connectivity index (χ2v) is 7.26. The molecule has 0 aromatic heterocycles. The van der Waals surface area contributed by atoms with Gasteiger partial charge in [-0.05, 0) is 36.4 Å². The Hall–Kier alpha value is -3.06. The molecule has 1 atom stereocenters. The first-order valence-electron chi connectivity index (χ1n) is 9.18. The molecule has 7 nitrogen and oxygen atoms in total. The second kappa shape index (κ2) is 8.96. The van der Waals surface area contributed by atoms with Gasteiger partial charge in [0.25, 0.3) is 11.8 Å². The van der Waals surface area contributed by atoms with Crippen LogP contribution in [0, 0.1) is 0 Å². The van der Waals surface area contributed by atoms with Crippen LogP contribution in [0.4, 0.5) is 5.69 Å². The topological polar surface area (TPSA) is 79.0 Å². The minimum Gasteiger partial charge on any atom is -0.476 e. The fraction of sp³-hybridized carbons (Fsp3) is 0.286. The monoisotopic (exact) mass is 415 g/mol. The third-order valence-electron chi connectivity index (χ3n) is 4.52. The van der Waals surface area contributed by atoms with E-state index in [0.717, 1.165) is 0 Å². The highest BCUT2D eigenvalue weighted by atomic mass is 35.5. The van der Waals surface area contributed by atoms with Crippen LogP contribution < -0.4 is 15.0 Å². The van der Waals surface area contributed by atoms with Crippen molar-refractivity contribution in [1.82, 2.24) is 10.2 Å². The molecule has 0 saturated heterocycles. The largest absolute Gasteiger partial charge is 0.476 e. The molecule has 3 amide bonds. The Balaban J connectivity index is 1.65. The van der Waals surface area contributed by atoms with Gasteiger partial charge in [-0.25, -0.2) is 0 Å². The quantitative estimate of drug-likeness (QED) is 0.813. The molecule has 0 fully saturated rings. The highest BCUT2D eigenvalue weighted by Crippen LogP contribution is 2.33. The number of carbonyl (C=O) groups excluding carboxylic acids is 3. The van der Waals surface area contributed by atoms with Gasteiger partial charge in [0.15, 0.2) is 6.10 Å². The fourth-order valence-electron chi connectivity index (χ4n) is 3.01. The zero-order chi connectivity index (χ0) is 21.0. The molecular weight excluding hydrogens is 394 g/mol. The van der Waals surface area contributed by atoms with Crippen LogP contribution in [-0.4, -0.2) is 55.9 Å². The van der Waals surface area contributed by atoms with Crippen molar-refractivity contribution in [3.05, 3.63) is 59.1 Å². The first-order chi connectivity index (χ1) is 13.9. The van der Waals surface area contributed by atoms with Crippen molar-refractivity contribution in [2.45, 2.75) is 12.5 Å². The Morgan fingerprint density at radius 2 is 1.83 bits per heavy atom. The van der Waals surface area contributed by atoms with Gasteiger partial charge in [0.05, 0.1) is 12.2 Å². The lowest BCUT2D eigenvalue weighted by molar-refractivity contribution is -0.136. The van der Waals surface area contributed by atoms with Crippen molar-refractivity contribution in [3.8, 4) is 5.75 Å². The van der Waals surface area contributed by atoms with E-state index < -0.39 is 6.10 Å². The molecule has 152 valence electrons. The number of likely N-dealkylation sites (N-methyl/N-ethyl adjacent to an activating group) is 1. The summed E-state index contributed by atoms with van der Waals surface area (Å²) in [6.45, 7) is 0.296. The van der Waals surface area contributed by atoms with Crippen LogP contribution in [-0.2, 0) is 9.59 Å². The van der Waals surface area contributed by atoms with Crippen molar-refractivity contribution in [1.29, 1.82) is 0 Å². The Kier molecular flexibility index (Phi) is 6.39. The molecule has 0 aliphatic carbocycles. The number of rotatable bonds is 5. The maximum absolute atomic E-state index is 12.8. The summed E-state index contributed by atoms with van der Waals surface area (Å²) in [5.74, 6) is -0.211. The number of nitrogens with one attached hydrogen (secondary N) is 1. The van der Waals surface area contributed by atoms with E-state index in [1.807, 2.05) is 0 Å². The molecular formula is C21H22ClN3O4. The van der Waals surface area contributed by atoms with Gasteiger partial charge >= 0.3 is 0 Å². The Labute approximate surface area is 174 Å². The third-order valence-corrected chi connectivity index (χ3v) is 4.77. The minimum absolute atomic E-state index is 0.0938. The van der Waals surface area contributed by atoms with E-state index in [4.69, 9.17) is 16.3 Å². The zero-order valence-corrected chi connectivity index (χ0v) is 17.0. The number of nitrogens with zero attached hydrogens (tertiary/aromatic N) is 2. The predicted octanol–water partition coefficient (Wildman–Crippen LogP) is 2.34. The first-order valence-corrected chi connectivity index (χ1v) is 9.55. The highest BCUT2D eigenvalue weighted by molar-refractivity contribution is 6.30. The number of fused-ring (bicyclic) bond motifs is 1. The molecule has 29 heavy (non-hydrogen) atoms. The normalized spacial score (nSPS) is 15.1. The number of amides is 3. The van der Waals surface area contributed by atoms with E-state index in [2.05, 4.69) is 5.32 Å². The van der Waals surface area contributed by atoms with E-state index in [9.17, 15) is 14.4 Å². The number of anilines is 1. The lowest BCUT2D eigenvalue weighted by Gasteiger charge is -2.35. The summed E-state index contributed by atoms with van der Waals surface area (Å²) >= 11 is 5.82. The summed E-state index contributed by atoms with van der Waals surface area (Å²) in [5.41, 5.74) is 1.08. The molecule has 2 aromatic rings. The Morgan fingerprint density at radius 1 is 1.14 bits per heavy atom. The third kappa shape index (κ3) is 4.86. The molecule has 0 unspecified atom stereocenters. The van der Waals surface area contributed by atoms with Gasteiger partial charge in [-0.2, -0.15) is 0 Å². The number of ether oxygens (including phenoxy) is 1. The summed E-state index contributed by atoms with van der Waals surface area (Å²) < 4.78 is 5.78. The van der Waals surface area contributed by atoms with Gasteiger partial charge in [-0.1, -0.05) is 23.7 Å². The van der Waals surface area contributed by atoms with Crippen molar-refractivity contribution < 1.29 is 19.1 Å². The minimum atomic E-state index is -0.771. The Morgan fingerprint density at radius 3 is 2.52 bits per heavy atom. The van der Waals surface area contributed by atoms with Crippen LogP contribution in [0.1, 0.15) is 16.8 Å². The number of hydrogen-bond donors (Lipinski definition) is 1. The van der Waals surface area contributed by atoms with Gasteiger partial charge in [0.1, 0.15) is 5.75 Å². The van der Waals surface area contributed by atoms with Crippen molar-refractivity contribution in [2.24, 2.45) is 0 Å². The molecule has 0 bridgehead atoms. The average molecular weight is 416 g/mol. The van der Waals surface area contributed by atoms with E-state index in [-0.39, 0.29) is 37.2 Å². The number of hydrogen-bond acceptors (Lipinski definition) is 4. The van der Waals surface area contributed by atoms with Gasteiger partial charge in [0.2, 0.25) is 5.91 Å². The van der Waals surface area contributed by atoms with Gasteiger partial charge in [-0.15, -0.1) is 0 Å². The number of halogens is 1. The number of benzene rings is 2. The molecule has 0 radical (unpaired) electrons. The van der Waals surface area contributed by atoms with Crippen LogP contribution in [0.25, 0.3) is 0 Å². The molecule has 2 aromatic carbocycles.